The fourth-order valence-corrected chi connectivity index (χ4v) is 13.3. The first kappa shape index (κ1) is 88.3. The number of nitrogens with zero attached hydrogens (tertiary/aromatic N) is 2. The minimum absolute atomic E-state index is 0.0277. The number of hydrogen-bond donors (Lipinski definition) is 6. The van der Waals surface area contributed by atoms with Crippen molar-refractivity contribution in [1.29, 1.82) is 0 Å². The largest absolute Gasteiger partial charge is 0.466 e. The number of aromatic nitrogens is 2. The van der Waals surface area contributed by atoms with E-state index in [1.807, 2.05) is 36.4 Å². The Labute approximate surface area is 630 Å². The van der Waals surface area contributed by atoms with Crippen LogP contribution in [0.25, 0.3) is 0 Å². The minimum Gasteiger partial charge on any atom is -0.466 e. The highest BCUT2D eigenvalue weighted by Gasteiger charge is 2.31. The highest BCUT2D eigenvalue weighted by Crippen LogP contribution is 2.20. The zero-order valence-electron chi connectivity index (χ0n) is 61.8. The van der Waals surface area contributed by atoms with Crippen molar-refractivity contribution in [3.05, 3.63) is 152 Å². The van der Waals surface area contributed by atoms with Gasteiger partial charge in [0, 0.05) is 56.0 Å². The Bertz CT molecular complexity index is 3530. The summed E-state index contributed by atoms with van der Waals surface area (Å²) in [6.07, 6.45) is 20.0. The lowest BCUT2D eigenvalue weighted by molar-refractivity contribution is -0.155. The molecule has 6 N–H and O–H groups in total. The molecule has 0 radical (unpaired) electrons. The van der Waals surface area contributed by atoms with Gasteiger partial charge >= 0.3 is 24.0 Å². The number of thioether (sulfide) groups is 2. The SMILES string of the molecule is C/C=C(\NC(=O)c1csc(CNC(=O)OC(C)(C)C)n1)C(=O)N[C@@H](Cc1ccccc1)C(=O)O[C@H](/C=C/CCSC(=O)CCCCCCC)CC(=O)OCC[Si](C)(C)C.C/C=C1\NC(=O)c2csc(n2)CNC(=O)C[C@@H](/C=C/CCSC(=O)CCCCCCC)OC(=O)[C@H](Cc2ccccc2)NC1=O. The number of benzene rings is 2. The predicted molar refractivity (Wildman–Crippen MR) is 413 cm³/mol. The number of hydrogen-bond acceptors (Lipinski definition) is 21. The van der Waals surface area contributed by atoms with Crippen molar-refractivity contribution in [1.82, 2.24) is 41.9 Å². The molecule has 6 amide bonds. The van der Waals surface area contributed by atoms with Gasteiger partial charge in [0.1, 0.15) is 62.7 Å². The zero-order chi connectivity index (χ0) is 76.3. The molecular formula is C76H106N8O15S4Si. The summed E-state index contributed by atoms with van der Waals surface area (Å²) in [6, 6.07) is 16.7. The molecule has 2 bridgehead atoms. The summed E-state index contributed by atoms with van der Waals surface area (Å²) in [5.74, 6) is -3.95. The van der Waals surface area contributed by atoms with Gasteiger partial charge in [-0.1, -0.05) is 193 Å². The number of carbonyl (C=O) groups excluding carboxylic acids is 11. The van der Waals surface area contributed by atoms with Crippen LogP contribution in [-0.4, -0.2) is 130 Å². The lowest BCUT2D eigenvalue weighted by Crippen LogP contribution is -2.47. The van der Waals surface area contributed by atoms with Gasteiger partial charge < -0.3 is 50.8 Å². The maximum atomic E-state index is 13.9. The fourth-order valence-electron chi connectivity index (χ4n) is 9.66. The molecule has 0 fully saturated rings. The number of cyclic esters (lactones) is 1. The number of allylic oxidation sites excluding steroid dienone is 4. The van der Waals surface area contributed by atoms with E-state index in [1.54, 1.807) is 88.6 Å². The van der Waals surface area contributed by atoms with Crippen LogP contribution in [0.2, 0.25) is 25.7 Å². The second-order valence-corrected chi connectivity index (χ2v) is 36.5. The van der Waals surface area contributed by atoms with Crippen molar-refractivity contribution in [3.63, 3.8) is 0 Å². The van der Waals surface area contributed by atoms with Crippen LogP contribution >= 0.6 is 46.2 Å². The van der Waals surface area contributed by atoms with Crippen LogP contribution in [0.3, 0.4) is 0 Å². The Kier molecular flexibility index (Phi) is 41.5. The van der Waals surface area contributed by atoms with Gasteiger partial charge in [-0.25, -0.2) is 24.4 Å². The molecule has 2 aromatic heterocycles. The third-order valence-corrected chi connectivity index (χ3v) is 20.6. The maximum Gasteiger partial charge on any atom is 0.408 e. The topological polar surface area (TPSA) is 323 Å². The highest BCUT2D eigenvalue weighted by molar-refractivity contribution is 8.13. The molecule has 104 heavy (non-hydrogen) atoms. The van der Waals surface area contributed by atoms with E-state index in [4.69, 9.17) is 18.9 Å². The summed E-state index contributed by atoms with van der Waals surface area (Å²) in [4.78, 5) is 151. The number of rotatable bonds is 37. The minimum atomic E-state index is -1.47. The average molecular weight is 1530 g/mol. The fraction of sp³-hybridized carbons (Fsp3) is 0.513. The Hall–Kier alpha value is -8.05. The van der Waals surface area contributed by atoms with Crippen molar-refractivity contribution in [2.24, 2.45) is 0 Å². The monoisotopic (exact) mass is 1530 g/mol. The van der Waals surface area contributed by atoms with Crippen molar-refractivity contribution in [3.8, 4) is 0 Å². The quantitative estimate of drug-likeness (QED) is 0.00610. The lowest BCUT2D eigenvalue weighted by Gasteiger charge is -2.22. The van der Waals surface area contributed by atoms with E-state index in [0.717, 1.165) is 73.5 Å². The van der Waals surface area contributed by atoms with Crippen LogP contribution in [-0.2, 0) is 83.2 Å². The molecule has 5 rings (SSSR count). The van der Waals surface area contributed by atoms with E-state index in [2.05, 4.69) is 75.4 Å². The highest BCUT2D eigenvalue weighted by atomic mass is 32.2. The van der Waals surface area contributed by atoms with Crippen molar-refractivity contribution in [2.45, 2.75) is 233 Å². The molecule has 28 heteroatoms. The number of nitrogens with one attached hydrogen (secondary N) is 6. The van der Waals surface area contributed by atoms with Gasteiger partial charge in [0.25, 0.3) is 23.6 Å². The molecule has 23 nitrogen and oxygen atoms in total. The first-order valence-electron chi connectivity index (χ1n) is 35.7. The number of unbranched alkanes of at least 4 members (excludes halogenated alkanes) is 8. The Morgan fingerprint density at radius 2 is 1.40 bits per heavy atom. The Morgan fingerprint density at radius 1 is 0.779 bits per heavy atom. The number of alkyl carbamates (subject to hydrolysis) is 1. The molecule has 3 heterocycles. The molecule has 0 saturated heterocycles. The second kappa shape index (κ2) is 48.9. The van der Waals surface area contributed by atoms with Gasteiger partial charge in [0.2, 0.25) is 5.91 Å². The first-order valence-corrected chi connectivity index (χ1v) is 43.1. The third kappa shape index (κ3) is 38.1. The summed E-state index contributed by atoms with van der Waals surface area (Å²) >= 11 is 4.90. The van der Waals surface area contributed by atoms with Crippen LogP contribution < -0.4 is 31.9 Å². The second-order valence-electron chi connectivity index (χ2n) is 26.7. The van der Waals surface area contributed by atoms with E-state index in [1.165, 1.54) is 71.7 Å². The van der Waals surface area contributed by atoms with Crippen LogP contribution in [0, 0.1) is 0 Å². The zero-order valence-corrected chi connectivity index (χ0v) is 66.1. The number of esters is 3. The normalized spacial score (nSPS) is 15.7. The molecule has 1 aliphatic rings. The van der Waals surface area contributed by atoms with Crippen LogP contribution in [0.5, 0.6) is 0 Å². The number of ether oxygens (including phenoxy) is 4. The van der Waals surface area contributed by atoms with Crippen LogP contribution in [0.4, 0.5) is 4.79 Å². The molecule has 1 aliphatic heterocycles. The van der Waals surface area contributed by atoms with E-state index in [-0.39, 0.29) is 84.3 Å². The third-order valence-electron chi connectivity index (χ3n) is 15.3. The van der Waals surface area contributed by atoms with Gasteiger partial charge in [-0.15, -0.1) is 22.7 Å². The summed E-state index contributed by atoms with van der Waals surface area (Å²) in [7, 11) is -1.47. The molecule has 568 valence electrons. The Morgan fingerprint density at radius 3 is 2.01 bits per heavy atom. The van der Waals surface area contributed by atoms with E-state index < -0.39 is 85.6 Å². The molecule has 0 unspecified atom stereocenters. The standard InChI is InChI=1S/C43H64N4O9S2Si.C33H42N4O6S2/c1-9-11-12-13-17-23-38(49)57-25-19-18-22-32(28-37(48)54-24-26-59(6,7)8)55-41(52)34(27-31-20-15-14-16-21-31)47-39(50)33(10-2)46-40(51)35-30-58-36(45-35)29-44-42(53)56-43(3,4)5;1-3-5-6-7-11-17-30(39)44-18-13-12-16-24-20-28(38)34-21-29-35-27(22-45-29)32(41)36-25(4-2)31(40)37-26(33(42)43-24)19-23-14-9-8-10-15-23/h10,14-16,18,20-22,30,32,34H,9,11-13,17,19,23-29H2,1-8H3,(H,44,53)(H,46,51)(H,47,50);4,8-10,12,14-16,22,24,26H,3,5-7,11,13,17-21H2,1-2H3,(H,34,38)(H,36,41)(H,37,40)/b22-18+,33-10-;16-12+,25-4-/t32-,34+;24-,26+/m11/s1. The molecule has 4 atom stereocenters. The Balaban J connectivity index is 0.000000456. The smallest absolute Gasteiger partial charge is 0.408 e. The summed E-state index contributed by atoms with van der Waals surface area (Å²) in [5.41, 5.74) is 0.820. The molecule has 0 saturated carbocycles. The van der Waals surface area contributed by atoms with E-state index in [9.17, 15) is 52.7 Å². The molecule has 0 aliphatic carbocycles. The molecule has 0 spiro atoms. The van der Waals surface area contributed by atoms with Gasteiger partial charge in [0.05, 0.1) is 32.5 Å². The summed E-state index contributed by atoms with van der Waals surface area (Å²) in [5, 5.41) is 20.2. The van der Waals surface area contributed by atoms with Crippen LogP contribution in [0.15, 0.2) is 119 Å². The number of carbonyl (C=O) groups is 11. The summed E-state index contributed by atoms with van der Waals surface area (Å²) < 4.78 is 22.4. The number of fused-ring (bicyclic) bond motifs is 2. The number of amides is 6. The molecule has 2 aromatic carbocycles. The van der Waals surface area contributed by atoms with Crippen molar-refractivity contribution < 1.29 is 71.7 Å². The van der Waals surface area contributed by atoms with E-state index in [0.29, 0.717) is 47.2 Å². The first-order chi connectivity index (χ1) is 49.7. The van der Waals surface area contributed by atoms with Crippen LogP contribution in [0.1, 0.15) is 193 Å². The molecular weight excluding hydrogens is 1420 g/mol. The maximum absolute atomic E-state index is 13.9. The summed E-state index contributed by atoms with van der Waals surface area (Å²) in [6.45, 7) is 19.6. The lowest BCUT2D eigenvalue weighted by atomic mass is 10.1. The molecule has 4 aromatic rings. The van der Waals surface area contributed by atoms with Gasteiger partial charge in [-0.05, 0) is 89.6 Å². The van der Waals surface area contributed by atoms with Crippen molar-refractivity contribution in [2.75, 3.05) is 18.1 Å². The van der Waals surface area contributed by atoms with Gasteiger partial charge in [0.15, 0.2) is 10.2 Å². The van der Waals surface area contributed by atoms with Gasteiger partial charge in [-0.2, -0.15) is 0 Å². The van der Waals surface area contributed by atoms with Crippen molar-refractivity contribution >= 4 is 118 Å². The van der Waals surface area contributed by atoms with E-state index >= 15 is 0 Å². The predicted octanol–water partition coefficient (Wildman–Crippen LogP) is 13.3. The van der Waals surface area contributed by atoms with Gasteiger partial charge in [-0.3, -0.25) is 38.4 Å². The number of thiazole rings is 2. The average Bonchev–Trinajstić information content (AvgIpc) is 1.50.